The molecule has 3 aromatic heterocycles. The molecule has 1 aliphatic rings. The lowest BCUT2D eigenvalue weighted by Crippen LogP contribution is -2.50. The zero-order chi connectivity index (χ0) is 25.6. The molecule has 1 aliphatic heterocycles. The van der Waals surface area contributed by atoms with E-state index in [2.05, 4.69) is 41.6 Å². The van der Waals surface area contributed by atoms with Crippen molar-refractivity contribution in [3.05, 3.63) is 58.7 Å². The molecule has 0 radical (unpaired) electrons. The van der Waals surface area contributed by atoms with Crippen LogP contribution in [0.2, 0.25) is 0 Å². The van der Waals surface area contributed by atoms with Crippen LogP contribution in [-0.2, 0) is 23.0 Å². The topological polar surface area (TPSA) is 104 Å². The van der Waals surface area contributed by atoms with Crippen molar-refractivity contribution >= 4 is 38.0 Å². The minimum absolute atomic E-state index is 0.0786. The zero-order valence-electron chi connectivity index (χ0n) is 21.2. The van der Waals surface area contributed by atoms with Gasteiger partial charge < -0.3 is 14.5 Å². The molecule has 1 aromatic carbocycles. The van der Waals surface area contributed by atoms with Gasteiger partial charge in [-0.05, 0) is 56.2 Å². The molecule has 1 amide bonds. The van der Waals surface area contributed by atoms with Gasteiger partial charge in [-0.2, -0.15) is 4.31 Å². The fourth-order valence-electron chi connectivity index (χ4n) is 4.98. The Kier molecular flexibility index (Phi) is 6.34. The fourth-order valence-corrected chi connectivity index (χ4v) is 6.07. The molecule has 4 heterocycles. The first-order valence-corrected chi connectivity index (χ1v) is 14.0. The van der Waals surface area contributed by atoms with Crippen LogP contribution < -0.4 is 0 Å². The van der Waals surface area contributed by atoms with Crippen LogP contribution in [0, 0.1) is 13.8 Å². The minimum atomic E-state index is -3.23. The quantitative estimate of drug-likeness (QED) is 0.431. The van der Waals surface area contributed by atoms with Crippen LogP contribution in [0.4, 0.5) is 0 Å². The monoisotopic (exact) mass is 508 g/mol. The van der Waals surface area contributed by atoms with Crippen molar-refractivity contribution in [3.63, 3.8) is 0 Å². The second-order valence-corrected chi connectivity index (χ2v) is 11.7. The second-order valence-electron chi connectivity index (χ2n) is 9.42. The van der Waals surface area contributed by atoms with Gasteiger partial charge in [0.05, 0.1) is 12.3 Å². The number of benzene rings is 1. The highest BCUT2D eigenvalue weighted by Gasteiger charge is 2.28. The predicted molar refractivity (Wildman–Crippen MR) is 141 cm³/mol. The number of H-pyrrole nitrogens is 1. The molecule has 190 valence electrons. The van der Waals surface area contributed by atoms with E-state index in [1.165, 1.54) is 4.31 Å². The van der Waals surface area contributed by atoms with Crippen molar-refractivity contribution < 1.29 is 13.2 Å². The van der Waals surface area contributed by atoms with Crippen molar-refractivity contribution in [1.82, 2.24) is 28.7 Å². The van der Waals surface area contributed by atoms with Gasteiger partial charge in [-0.3, -0.25) is 4.79 Å². The maximum Gasteiger partial charge on any atom is 0.270 e. The van der Waals surface area contributed by atoms with E-state index in [0.29, 0.717) is 38.4 Å². The number of aryl methyl sites for hydroxylation is 3. The number of amides is 1. The summed E-state index contributed by atoms with van der Waals surface area (Å²) in [5.74, 6) is 0.973. The number of aromatic nitrogens is 4. The third-order valence-electron chi connectivity index (χ3n) is 6.96. The van der Waals surface area contributed by atoms with Crippen LogP contribution in [0.1, 0.15) is 47.0 Å². The number of nitrogens with one attached hydrogen (secondary N) is 1. The van der Waals surface area contributed by atoms with Gasteiger partial charge in [0.25, 0.3) is 5.91 Å². The second kappa shape index (κ2) is 9.33. The molecule has 0 atom stereocenters. The first-order valence-electron chi connectivity index (χ1n) is 12.4. The first kappa shape index (κ1) is 24.5. The molecule has 10 heteroatoms. The highest BCUT2D eigenvalue weighted by atomic mass is 32.2. The standard InChI is InChI=1S/C26H32N6O3S/c1-5-23-29-24-17(3)13-18(4)27-25(24)32(23)16-19-7-8-21-20(14-19)15-22(28-21)26(33)30-9-11-31(12-10-30)36(34,35)6-2/h7-8,13-15,28H,5-6,9-12,16H2,1-4H3. The van der Waals surface area contributed by atoms with E-state index in [9.17, 15) is 13.2 Å². The van der Waals surface area contributed by atoms with Crippen molar-refractivity contribution in [2.45, 2.75) is 40.7 Å². The SMILES string of the molecule is CCc1nc2c(C)cc(C)nc2n1Cc1ccc2[nH]c(C(=O)N3CCN(S(=O)(=O)CC)CC3)cc2c1. The normalized spacial score (nSPS) is 15.3. The summed E-state index contributed by atoms with van der Waals surface area (Å²) in [5.41, 5.74) is 6.46. The molecule has 0 unspecified atom stereocenters. The van der Waals surface area contributed by atoms with E-state index in [1.807, 2.05) is 19.1 Å². The van der Waals surface area contributed by atoms with Crippen molar-refractivity contribution in [1.29, 1.82) is 0 Å². The lowest BCUT2D eigenvalue weighted by atomic mass is 10.1. The Hall–Kier alpha value is -3.24. The van der Waals surface area contributed by atoms with Gasteiger partial charge in [-0.15, -0.1) is 0 Å². The highest BCUT2D eigenvalue weighted by molar-refractivity contribution is 7.89. The first-order chi connectivity index (χ1) is 17.2. The van der Waals surface area contributed by atoms with E-state index >= 15 is 0 Å². The average molecular weight is 509 g/mol. The number of hydrogen-bond donors (Lipinski definition) is 1. The van der Waals surface area contributed by atoms with Crippen LogP contribution in [0.25, 0.3) is 22.1 Å². The van der Waals surface area contributed by atoms with Gasteiger partial charge in [-0.25, -0.2) is 18.4 Å². The number of fused-ring (bicyclic) bond motifs is 2. The summed E-state index contributed by atoms with van der Waals surface area (Å²) < 4.78 is 27.9. The summed E-state index contributed by atoms with van der Waals surface area (Å²) in [7, 11) is -3.23. The van der Waals surface area contributed by atoms with E-state index < -0.39 is 10.0 Å². The summed E-state index contributed by atoms with van der Waals surface area (Å²) in [6.45, 7) is 9.90. The van der Waals surface area contributed by atoms with Crippen LogP contribution >= 0.6 is 0 Å². The Bertz CT molecular complexity index is 1560. The Labute approximate surface area is 211 Å². The van der Waals surface area contributed by atoms with Crippen LogP contribution in [0.3, 0.4) is 0 Å². The van der Waals surface area contributed by atoms with Gasteiger partial charge in [0.2, 0.25) is 10.0 Å². The molecule has 5 rings (SSSR count). The zero-order valence-corrected chi connectivity index (χ0v) is 22.0. The number of pyridine rings is 1. The van der Waals surface area contributed by atoms with Gasteiger partial charge in [0.1, 0.15) is 17.0 Å². The maximum atomic E-state index is 13.1. The number of aromatic amines is 1. The molecule has 1 fully saturated rings. The van der Waals surface area contributed by atoms with E-state index in [-0.39, 0.29) is 11.7 Å². The lowest BCUT2D eigenvalue weighted by molar-refractivity contribution is 0.0693. The number of imidazole rings is 1. The third kappa shape index (κ3) is 4.39. The average Bonchev–Trinajstić information content (AvgIpc) is 3.45. The van der Waals surface area contributed by atoms with Crippen molar-refractivity contribution in [2.24, 2.45) is 0 Å². The van der Waals surface area contributed by atoms with Crippen LogP contribution in [0.5, 0.6) is 0 Å². The Morgan fingerprint density at radius 2 is 1.78 bits per heavy atom. The molecule has 0 spiro atoms. The van der Waals surface area contributed by atoms with Gasteiger partial charge >= 0.3 is 0 Å². The van der Waals surface area contributed by atoms with E-state index in [4.69, 9.17) is 9.97 Å². The third-order valence-corrected chi connectivity index (χ3v) is 8.84. The highest BCUT2D eigenvalue weighted by Crippen LogP contribution is 2.24. The summed E-state index contributed by atoms with van der Waals surface area (Å²) >= 11 is 0. The number of nitrogens with zero attached hydrogens (tertiary/aromatic N) is 5. The molecule has 1 saturated heterocycles. The van der Waals surface area contributed by atoms with Crippen molar-refractivity contribution in [3.8, 4) is 0 Å². The number of carbonyl (C=O) groups excluding carboxylic acids is 1. The number of sulfonamides is 1. The number of rotatable bonds is 6. The van der Waals surface area contributed by atoms with Gasteiger partial charge in [-0.1, -0.05) is 13.0 Å². The van der Waals surface area contributed by atoms with E-state index in [0.717, 1.165) is 51.1 Å². The van der Waals surface area contributed by atoms with Crippen molar-refractivity contribution in [2.75, 3.05) is 31.9 Å². The molecule has 4 aromatic rings. The smallest absolute Gasteiger partial charge is 0.270 e. The number of piperazine rings is 1. The summed E-state index contributed by atoms with van der Waals surface area (Å²) in [6, 6.07) is 10.1. The molecule has 9 nitrogen and oxygen atoms in total. The largest absolute Gasteiger partial charge is 0.351 e. The molecule has 0 aliphatic carbocycles. The van der Waals surface area contributed by atoms with Crippen LogP contribution in [0.15, 0.2) is 30.3 Å². The maximum absolute atomic E-state index is 13.1. The number of hydrogen-bond acceptors (Lipinski definition) is 5. The Morgan fingerprint density at radius 1 is 1.03 bits per heavy atom. The molecule has 36 heavy (non-hydrogen) atoms. The molecular weight excluding hydrogens is 476 g/mol. The molecule has 0 bridgehead atoms. The Morgan fingerprint density at radius 3 is 2.47 bits per heavy atom. The molecular formula is C26H32N6O3S. The minimum Gasteiger partial charge on any atom is -0.351 e. The fraction of sp³-hybridized carbons (Fsp3) is 0.423. The van der Waals surface area contributed by atoms with Crippen LogP contribution in [-0.4, -0.2) is 75.0 Å². The number of carbonyl (C=O) groups is 1. The summed E-state index contributed by atoms with van der Waals surface area (Å²) in [4.78, 5) is 27.7. The summed E-state index contributed by atoms with van der Waals surface area (Å²) in [5, 5.41) is 0.964. The molecule has 1 N–H and O–H groups in total. The summed E-state index contributed by atoms with van der Waals surface area (Å²) in [6.07, 6.45) is 0.812. The van der Waals surface area contributed by atoms with E-state index in [1.54, 1.807) is 11.8 Å². The van der Waals surface area contributed by atoms with Gasteiger partial charge in [0.15, 0.2) is 5.65 Å². The Balaban J connectivity index is 1.38. The lowest BCUT2D eigenvalue weighted by Gasteiger charge is -2.33. The predicted octanol–water partition coefficient (Wildman–Crippen LogP) is 3.25. The molecule has 0 saturated carbocycles. The van der Waals surface area contributed by atoms with Gasteiger partial charge in [0, 0.05) is 49.2 Å².